The molecule has 0 bridgehead atoms. The maximum Gasteiger partial charge on any atom is 2.00 e. The number of rotatable bonds is 8. The van der Waals surface area contributed by atoms with Gasteiger partial charge in [0.25, 0.3) is 0 Å². The van der Waals surface area contributed by atoms with Crippen LogP contribution in [-0.2, 0) is 24.0 Å². The summed E-state index contributed by atoms with van der Waals surface area (Å²) in [5.74, 6) is -8.44. The van der Waals surface area contributed by atoms with Gasteiger partial charge in [-0.05, 0) is 0 Å². The van der Waals surface area contributed by atoms with E-state index in [0.29, 0.717) is 0 Å². The number of carbonyl (C=O) groups is 6. The van der Waals surface area contributed by atoms with Crippen LogP contribution in [0.3, 0.4) is 0 Å². The Kier molecular flexibility index (Phi) is 19.3. The molecule has 7 N–H and O–H groups in total. The molecular weight excluding hydrogens is 412 g/mol. The van der Waals surface area contributed by atoms with Gasteiger partial charge in [0.15, 0.2) is 5.60 Å². The molecule has 1 unspecified atom stereocenters. The van der Waals surface area contributed by atoms with Crippen molar-refractivity contribution in [3.8, 4) is 0 Å². The number of aliphatic hydroxyl groups excluding tert-OH is 1. The molecule has 0 amide bonds. The van der Waals surface area contributed by atoms with Crippen molar-refractivity contribution < 1.29 is 74.7 Å². The molecular formula is C11H14CaO15. The van der Waals surface area contributed by atoms with Crippen molar-refractivity contribution in [1.82, 2.24) is 0 Å². The van der Waals surface area contributed by atoms with Gasteiger partial charge in [-0.25, -0.2) is 9.59 Å². The summed E-state index contributed by atoms with van der Waals surface area (Å²) in [5.41, 5.74) is -2.74. The maximum absolute atomic E-state index is 10.3. The SMILES string of the molecule is O=C(O)CC(O)(CC(=O)O)C(=O)O.O=C(O)O.O=C([O-])CC(O)C(=O)[O-].[Ca+2]. The quantitative estimate of drug-likeness (QED) is 0.178. The molecule has 0 radical (unpaired) electrons. The molecule has 16 heteroatoms. The van der Waals surface area contributed by atoms with Crippen LogP contribution >= 0.6 is 0 Å². The average Bonchev–Trinajstić information content (AvgIpc) is 2.35. The van der Waals surface area contributed by atoms with Crippen molar-refractivity contribution in [3.63, 3.8) is 0 Å². The molecule has 0 aliphatic rings. The van der Waals surface area contributed by atoms with E-state index in [9.17, 15) is 34.2 Å². The molecule has 0 aliphatic carbocycles. The Balaban J connectivity index is -0.000000165. The van der Waals surface area contributed by atoms with Crippen molar-refractivity contribution in [1.29, 1.82) is 0 Å². The van der Waals surface area contributed by atoms with E-state index in [1.165, 1.54) is 0 Å². The second-order valence-corrected chi connectivity index (χ2v) is 4.17. The molecule has 0 aromatic carbocycles. The first kappa shape index (κ1) is 32.5. The van der Waals surface area contributed by atoms with Crippen LogP contribution in [0.5, 0.6) is 0 Å². The summed E-state index contributed by atoms with van der Waals surface area (Å²) in [6.07, 6.45) is -7.01. The van der Waals surface area contributed by atoms with Crippen LogP contribution in [0.4, 0.5) is 4.79 Å². The molecule has 0 saturated carbocycles. The van der Waals surface area contributed by atoms with E-state index >= 15 is 0 Å². The molecule has 27 heavy (non-hydrogen) atoms. The van der Waals surface area contributed by atoms with E-state index in [2.05, 4.69) is 0 Å². The number of aliphatic hydroxyl groups is 2. The zero-order chi connectivity index (χ0) is 21.7. The molecule has 0 heterocycles. The zero-order valence-corrected chi connectivity index (χ0v) is 15.5. The smallest absolute Gasteiger partial charge is 0.550 e. The van der Waals surface area contributed by atoms with Crippen LogP contribution in [0.2, 0.25) is 0 Å². The van der Waals surface area contributed by atoms with Crippen LogP contribution in [0.1, 0.15) is 19.3 Å². The van der Waals surface area contributed by atoms with E-state index in [4.69, 9.17) is 40.5 Å². The van der Waals surface area contributed by atoms with Gasteiger partial charge in [-0.15, -0.1) is 0 Å². The first-order valence-electron chi connectivity index (χ1n) is 5.95. The molecule has 0 aromatic heterocycles. The second kappa shape index (κ2) is 16.0. The Morgan fingerprint density at radius 2 is 1.11 bits per heavy atom. The molecule has 0 rings (SSSR count). The van der Waals surface area contributed by atoms with E-state index in [-0.39, 0.29) is 37.7 Å². The third-order valence-corrected chi connectivity index (χ3v) is 1.92. The van der Waals surface area contributed by atoms with Crippen LogP contribution in [0.15, 0.2) is 0 Å². The van der Waals surface area contributed by atoms with Crippen molar-refractivity contribution in [3.05, 3.63) is 0 Å². The van der Waals surface area contributed by atoms with Gasteiger partial charge in [-0.1, -0.05) is 0 Å². The summed E-state index contributed by atoms with van der Waals surface area (Å²) < 4.78 is 0. The third-order valence-electron chi connectivity index (χ3n) is 1.92. The molecule has 150 valence electrons. The first-order valence-corrected chi connectivity index (χ1v) is 5.95. The number of hydrogen-bond donors (Lipinski definition) is 7. The largest absolute Gasteiger partial charge is 2.00 e. The number of hydrogen-bond acceptors (Lipinski definition) is 10. The van der Waals surface area contributed by atoms with Crippen molar-refractivity contribution in [2.24, 2.45) is 0 Å². The third kappa shape index (κ3) is 23.8. The Morgan fingerprint density at radius 3 is 1.22 bits per heavy atom. The molecule has 0 aliphatic heterocycles. The Bertz CT molecular complexity index is 522. The van der Waals surface area contributed by atoms with Gasteiger partial charge >= 0.3 is 61.8 Å². The topological polar surface area (TPSA) is 290 Å². The maximum atomic E-state index is 10.3. The van der Waals surface area contributed by atoms with E-state index in [0.717, 1.165) is 0 Å². The average molecular weight is 426 g/mol. The first-order chi connectivity index (χ1) is 11.5. The second-order valence-electron chi connectivity index (χ2n) is 4.17. The minimum absolute atomic E-state index is 0. The molecule has 15 nitrogen and oxygen atoms in total. The van der Waals surface area contributed by atoms with E-state index in [1.807, 2.05) is 0 Å². The fourth-order valence-electron chi connectivity index (χ4n) is 0.955. The van der Waals surface area contributed by atoms with Gasteiger partial charge in [0, 0.05) is 12.4 Å². The molecule has 0 spiro atoms. The van der Waals surface area contributed by atoms with Crippen LogP contribution < -0.4 is 10.2 Å². The normalized spacial score (nSPS) is 10.3. The van der Waals surface area contributed by atoms with Crippen LogP contribution in [0, 0.1) is 0 Å². The summed E-state index contributed by atoms with van der Waals surface area (Å²) in [6, 6.07) is 0. The molecule has 1 atom stereocenters. The summed E-state index contributed by atoms with van der Waals surface area (Å²) in [6.45, 7) is 0. The van der Waals surface area contributed by atoms with Gasteiger partial charge in [-0.2, -0.15) is 0 Å². The summed E-state index contributed by atoms with van der Waals surface area (Å²) in [4.78, 5) is 58.2. The van der Waals surface area contributed by atoms with E-state index in [1.54, 1.807) is 0 Å². The minimum atomic E-state index is -2.74. The Labute approximate surface area is 179 Å². The van der Waals surface area contributed by atoms with Gasteiger partial charge in [-0.3, -0.25) is 9.59 Å². The van der Waals surface area contributed by atoms with Gasteiger partial charge in [0.05, 0.1) is 24.9 Å². The van der Waals surface area contributed by atoms with Crippen molar-refractivity contribution in [2.45, 2.75) is 31.0 Å². The van der Waals surface area contributed by atoms with Crippen LogP contribution in [-0.4, -0.2) is 121 Å². The monoisotopic (exact) mass is 426 g/mol. The summed E-state index contributed by atoms with van der Waals surface area (Å²) >= 11 is 0. The van der Waals surface area contributed by atoms with Gasteiger partial charge in [0.1, 0.15) is 0 Å². The number of aliphatic carboxylic acids is 5. The van der Waals surface area contributed by atoms with Gasteiger partial charge in [0.2, 0.25) is 0 Å². The summed E-state index contributed by atoms with van der Waals surface area (Å²) in [5, 5.41) is 75.1. The molecule has 0 fully saturated rings. The molecule has 0 saturated heterocycles. The van der Waals surface area contributed by atoms with Crippen molar-refractivity contribution >= 4 is 73.7 Å². The minimum Gasteiger partial charge on any atom is -0.550 e. The predicted molar refractivity (Wildman–Crippen MR) is 74.1 cm³/mol. The van der Waals surface area contributed by atoms with Crippen LogP contribution in [0.25, 0.3) is 0 Å². The standard InChI is InChI=1S/C6H8O7.C4H6O5.CH2O3.Ca/c7-3(8)1-6(13,5(11)12)2-4(9)10;5-2(4(8)9)1-3(6)7;2-1(3)4;/h13H,1-2H2,(H,7,8)(H,9,10)(H,11,12);2,5H,1H2,(H,6,7)(H,8,9);(H2,2,3,4);/q;;;+2/p-2. The fraction of sp³-hybridized carbons (Fsp3) is 0.455. The number of carboxylic acid groups (broad SMARTS) is 7. The zero-order valence-electron chi connectivity index (χ0n) is 13.3. The predicted octanol–water partition coefficient (Wildman–Crippen LogP) is -5.17. The number of carbonyl (C=O) groups excluding carboxylic acids is 2. The van der Waals surface area contributed by atoms with Gasteiger partial charge < -0.3 is 55.5 Å². The Morgan fingerprint density at radius 1 is 0.815 bits per heavy atom. The number of carboxylic acids is 5. The Hall–Kier alpha value is -2.20. The van der Waals surface area contributed by atoms with E-state index < -0.39 is 67.0 Å². The van der Waals surface area contributed by atoms with Crippen molar-refractivity contribution in [2.75, 3.05) is 0 Å². The summed E-state index contributed by atoms with van der Waals surface area (Å²) in [7, 11) is 0. The molecule has 0 aromatic rings. The fourth-order valence-corrected chi connectivity index (χ4v) is 0.955.